The van der Waals surface area contributed by atoms with Crippen LogP contribution in [0.1, 0.15) is 83.1 Å². The van der Waals surface area contributed by atoms with Gasteiger partial charge in [-0.1, -0.05) is 0 Å². The van der Waals surface area contributed by atoms with Crippen molar-refractivity contribution in [1.82, 2.24) is 0 Å². The van der Waals surface area contributed by atoms with Gasteiger partial charge in [-0.25, -0.2) is 0 Å². The van der Waals surface area contributed by atoms with Crippen molar-refractivity contribution >= 4 is 15.8 Å². The van der Waals surface area contributed by atoms with E-state index in [0.717, 1.165) is 0 Å². The zero-order valence-corrected chi connectivity index (χ0v) is 20.9. The molecule has 21 heavy (non-hydrogen) atoms. The average Bonchev–Trinajstić information content (AvgIpc) is 2.10. The van der Waals surface area contributed by atoms with Gasteiger partial charge in [0.2, 0.25) is 0 Å². The molecular weight excluding hydrogens is 385 g/mol. The molecule has 0 aliphatic rings. The van der Waals surface area contributed by atoms with Crippen LogP contribution in [0.25, 0.3) is 0 Å². The fourth-order valence-corrected chi connectivity index (χ4v) is 6.75. The molecular formula is C18H44P2Pd+2. The van der Waals surface area contributed by atoms with Crippen molar-refractivity contribution in [3.05, 3.63) is 0 Å². The molecule has 0 N–H and O–H groups in total. The minimum Gasteiger partial charge on any atom is -0.0261 e. The fraction of sp³-hybridized carbons (Fsp3) is 1.00. The molecule has 0 aromatic carbocycles. The van der Waals surface area contributed by atoms with Crippen LogP contribution in [0.15, 0.2) is 0 Å². The molecule has 0 heterocycles. The number of hydrogen-bond acceptors (Lipinski definition) is 0. The summed E-state index contributed by atoms with van der Waals surface area (Å²) in [4.78, 5) is 0. The molecule has 0 rings (SSSR count). The molecule has 0 unspecified atom stereocenters. The van der Waals surface area contributed by atoms with Crippen molar-refractivity contribution < 1.29 is 20.4 Å². The first-order valence-electron chi connectivity index (χ1n) is 8.00. The molecule has 0 bridgehead atoms. The average molecular weight is 429 g/mol. The van der Waals surface area contributed by atoms with Crippen molar-refractivity contribution in [2.45, 2.75) is 104 Å². The molecule has 0 aliphatic carbocycles. The Morgan fingerprint density at radius 2 is 0.476 bits per heavy atom. The summed E-state index contributed by atoms with van der Waals surface area (Å²) >= 11 is 0. The molecule has 0 fully saturated rings. The van der Waals surface area contributed by atoms with Crippen LogP contribution < -0.4 is 0 Å². The van der Waals surface area contributed by atoms with E-state index in [1.165, 1.54) is 0 Å². The van der Waals surface area contributed by atoms with Gasteiger partial charge in [0.1, 0.15) is 0 Å². The summed E-state index contributed by atoms with van der Waals surface area (Å²) in [7, 11) is -0.441. The third-order valence-electron chi connectivity index (χ3n) is 4.50. The van der Waals surface area contributed by atoms with E-state index in [1.54, 1.807) is 0 Å². The molecule has 0 radical (unpaired) electrons. The van der Waals surface area contributed by atoms with Crippen LogP contribution in [0.3, 0.4) is 0 Å². The van der Waals surface area contributed by atoms with E-state index in [-0.39, 0.29) is 36.3 Å². The minimum atomic E-state index is -0.221. The zero-order chi connectivity index (χ0) is 17.2. The second-order valence-electron chi connectivity index (χ2n) is 10.2. The molecule has 0 aromatic heterocycles. The Bertz CT molecular complexity index is 214. The monoisotopic (exact) mass is 428 g/mol. The maximum Gasteiger partial charge on any atom is 0.0695 e. The Morgan fingerprint density at radius 1 is 0.381 bits per heavy atom. The predicted octanol–water partition coefficient (Wildman–Crippen LogP) is 6.85. The van der Waals surface area contributed by atoms with Crippen molar-refractivity contribution in [3.8, 4) is 0 Å². The van der Waals surface area contributed by atoms with Gasteiger partial charge in [0.15, 0.2) is 0 Å². The van der Waals surface area contributed by atoms with Crippen molar-refractivity contribution in [2.24, 2.45) is 0 Å². The van der Waals surface area contributed by atoms with E-state index in [1.807, 2.05) is 0 Å². The van der Waals surface area contributed by atoms with Crippen LogP contribution in [-0.2, 0) is 20.4 Å². The Morgan fingerprint density at radius 3 is 0.476 bits per heavy atom. The largest absolute Gasteiger partial charge is 0.0695 e. The van der Waals surface area contributed by atoms with Gasteiger partial charge in [-0.3, -0.25) is 0 Å². The normalized spacial score (nSPS) is 13.7. The standard InChI is InChI=1S/2C9H21P.Pd/c2*1-8(2,3)10(7)9(4,5)6;/h2*1-7H3;/p+2. The van der Waals surface area contributed by atoms with Crippen LogP contribution in [-0.4, -0.2) is 34.0 Å². The number of rotatable bonds is 0. The molecule has 0 nitrogen and oxygen atoms in total. The first-order valence-corrected chi connectivity index (χ1v) is 12.0. The van der Waals surface area contributed by atoms with Crippen molar-refractivity contribution in [1.29, 1.82) is 0 Å². The van der Waals surface area contributed by atoms with Gasteiger partial charge in [-0.05, 0) is 83.1 Å². The van der Waals surface area contributed by atoms with E-state index >= 15 is 0 Å². The summed E-state index contributed by atoms with van der Waals surface area (Å²) in [6.07, 6.45) is 0. The molecule has 0 atom stereocenters. The smallest absolute Gasteiger partial charge is 0.0261 e. The third-order valence-corrected chi connectivity index (χ3v) is 13.5. The van der Waals surface area contributed by atoms with Crippen LogP contribution in [0.4, 0.5) is 0 Å². The summed E-state index contributed by atoms with van der Waals surface area (Å²) in [6, 6.07) is 0. The predicted molar refractivity (Wildman–Crippen MR) is 107 cm³/mol. The molecule has 0 spiro atoms. The van der Waals surface area contributed by atoms with Crippen molar-refractivity contribution in [3.63, 3.8) is 0 Å². The third kappa shape index (κ3) is 12.6. The second-order valence-corrected chi connectivity index (χ2v) is 18.8. The van der Waals surface area contributed by atoms with Crippen LogP contribution in [0.5, 0.6) is 0 Å². The van der Waals surface area contributed by atoms with Gasteiger partial charge < -0.3 is 0 Å². The maximum absolute atomic E-state index is 2.44. The Balaban J connectivity index is -0.000000295. The molecule has 0 saturated carbocycles. The summed E-state index contributed by atoms with van der Waals surface area (Å²) < 4.78 is 0. The molecule has 0 saturated heterocycles. The van der Waals surface area contributed by atoms with Crippen molar-refractivity contribution in [2.75, 3.05) is 13.3 Å². The quantitative estimate of drug-likeness (QED) is 0.292. The summed E-state index contributed by atoms with van der Waals surface area (Å²) in [5, 5.41) is 2.18. The Hall–Kier alpha value is 1.52. The Labute approximate surface area is 153 Å². The maximum atomic E-state index is 2.44. The first kappa shape index (κ1) is 27.4. The first-order chi connectivity index (χ1) is 8.31. The van der Waals surface area contributed by atoms with Gasteiger partial charge in [-0.15, -0.1) is 0 Å². The summed E-state index contributed by atoms with van der Waals surface area (Å²) in [5.41, 5.74) is 0. The summed E-state index contributed by atoms with van der Waals surface area (Å²) in [5.74, 6) is 0. The SMILES string of the molecule is C[PH+](C(C)(C)C)C(C)(C)C.C[PH+](C(C)(C)C)C(C)(C)C.[Pd]. The second kappa shape index (κ2) is 9.12. The molecule has 3 heteroatoms. The van der Waals surface area contributed by atoms with E-state index in [2.05, 4.69) is 96.4 Å². The summed E-state index contributed by atoms with van der Waals surface area (Å²) in [6.45, 7) is 33.1. The Kier molecular flexibility index (Phi) is 11.9. The van der Waals surface area contributed by atoms with Crippen LogP contribution in [0, 0.1) is 0 Å². The molecule has 0 aromatic rings. The molecule has 134 valence electrons. The van der Waals surface area contributed by atoms with Crippen LogP contribution in [0.2, 0.25) is 0 Å². The van der Waals surface area contributed by atoms with E-state index in [9.17, 15) is 0 Å². The van der Waals surface area contributed by atoms with Gasteiger partial charge in [0.05, 0.1) is 20.6 Å². The van der Waals surface area contributed by atoms with Gasteiger partial charge >= 0.3 is 0 Å². The molecule has 0 amide bonds. The van der Waals surface area contributed by atoms with Gasteiger partial charge in [0, 0.05) is 49.6 Å². The van der Waals surface area contributed by atoms with Crippen LogP contribution >= 0.6 is 15.8 Å². The van der Waals surface area contributed by atoms with E-state index < -0.39 is 0 Å². The van der Waals surface area contributed by atoms with Gasteiger partial charge in [-0.2, -0.15) is 0 Å². The molecule has 0 aliphatic heterocycles. The van der Waals surface area contributed by atoms with E-state index in [4.69, 9.17) is 0 Å². The van der Waals surface area contributed by atoms with Gasteiger partial charge in [0.25, 0.3) is 0 Å². The number of hydrogen-bond donors (Lipinski definition) is 0. The van der Waals surface area contributed by atoms with E-state index in [0.29, 0.717) is 20.6 Å². The minimum absolute atomic E-state index is 0. The zero-order valence-electron chi connectivity index (χ0n) is 17.3. The fourth-order valence-electron chi connectivity index (χ4n) is 2.25. The topological polar surface area (TPSA) is 0 Å².